The van der Waals surface area contributed by atoms with Crippen molar-refractivity contribution in [2.45, 2.75) is 6.92 Å². The number of allylic oxidation sites excluding steroid dienone is 1. The van der Waals surface area contributed by atoms with Gasteiger partial charge in [0.2, 0.25) is 0 Å². The molecule has 0 bridgehead atoms. The van der Waals surface area contributed by atoms with Crippen molar-refractivity contribution in [2.75, 3.05) is 0 Å². The maximum Gasteiger partial charge on any atom is 0.197 e. The van der Waals surface area contributed by atoms with E-state index in [0.717, 1.165) is 16.7 Å². The molecule has 1 aliphatic rings. The van der Waals surface area contributed by atoms with Gasteiger partial charge < -0.3 is 0 Å². The van der Waals surface area contributed by atoms with E-state index in [1.165, 1.54) is 6.92 Å². The Hall–Kier alpha value is -2.48. The lowest BCUT2D eigenvalue weighted by atomic mass is 9.96. The molecule has 2 heteroatoms. The summed E-state index contributed by atoms with van der Waals surface area (Å²) >= 11 is 0. The van der Waals surface area contributed by atoms with Crippen molar-refractivity contribution in [3.8, 4) is 0 Å². The first-order valence-electron chi connectivity index (χ1n) is 6.15. The second-order valence-electron chi connectivity index (χ2n) is 4.55. The summed E-state index contributed by atoms with van der Waals surface area (Å²) in [5.74, 6) is -0.345. The number of fused-ring (bicyclic) bond motifs is 1. The number of Topliss-reactive ketones (excluding diaryl/α,β-unsaturated/α-hetero) is 2. The molecule has 0 amide bonds. The Morgan fingerprint density at radius 2 is 1.42 bits per heavy atom. The van der Waals surface area contributed by atoms with Crippen LogP contribution in [-0.4, -0.2) is 11.6 Å². The van der Waals surface area contributed by atoms with Crippen molar-refractivity contribution in [3.63, 3.8) is 0 Å². The summed E-state index contributed by atoms with van der Waals surface area (Å²) in [6.07, 6.45) is 0. The average molecular weight is 248 g/mol. The summed E-state index contributed by atoms with van der Waals surface area (Å²) in [5.41, 5.74) is 3.43. The van der Waals surface area contributed by atoms with Crippen LogP contribution in [0.2, 0.25) is 0 Å². The molecule has 2 aromatic carbocycles. The third-order valence-electron chi connectivity index (χ3n) is 3.33. The van der Waals surface area contributed by atoms with Crippen LogP contribution in [0, 0.1) is 0 Å². The number of benzene rings is 2. The van der Waals surface area contributed by atoms with Gasteiger partial charge in [-0.15, -0.1) is 0 Å². The van der Waals surface area contributed by atoms with E-state index in [4.69, 9.17) is 0 Å². The van der Waals surface area contributed by atoms with Gasteiger partial charge in [-0.05, 0) is 18.1 Å². The molecular weight excluding hydrogens is 236 g/mol. The van der Waals surface area contributed by atoms with Crippen LogP contribution in [0.3, 0.4) is 0 Å². The van der Waals surface area contributed by atoms with E-state index in [1.54, 1.807) is 6.07 Å². The molecule has 1 aliphatic carbocycles. The molecule has 0 atom stereocenters. The van der Waals surface area contributed by atoms with Crippen molar-refractivity contribution in [1.82, 2.24) is 0 Å². The van der Waals surface area contributed by atoms with Crippen molar-refractivity contribution in [2.24, 2.45) is 0 Å². The van der Waals surface area contributed by atoms with Crippen LogP contribution >= 0.6 is 0 Å². The number of hydrogen-bond acceptors (Lipinski definition) is 2. The molecule has 2 aromatic rings. The van der Waals surface area contributed by atoms with E-state index in [0.29, 0.717) is 11.1 Å². The van der Waals surface area contributed by atoms with Crippen molar-refractivity contribution >= 4 is 17.1 Å². The molecule has 0 unspecified atom stereocenters. The maximum absolute atomic E-state index is 12.3. The van der Waals surface area contributed by atoms with Gasteiger partial charge in [-0.3, -0.25) is 9.59 Å². The van der Waals surface area contributed by atoms with E-state index >= 15 is 0 Å². The second-order valence-corrected chi connectivity index (χ2v) is 4.55. The minimum Gasteiger partial charge on any atom is -0.294 e. The predicted molar refractivity (Wildman–Crippen MR) is 73.9 cm³/mol. The summed E-state index contributed by atoms with van der Waals surface area (Å²) in [6, 6.07) is 17.0. The first kappa shape index (κ1) is 11.6. The van der Waals surface area contributed by atoms with E-state index in [1.807, 2.05) is 48.5 Å². The molecule has 0 aliphatic heterocycles. The SMILES string of the molecule is CC(=O)C1=C(c2ccccc2)c2ccccc2C1=O. The second kappa shape index (κ2) is 4.32. The number of ketones is 2. The molecule has 0 radical (unpaired) electrons. The van der Waals surface area contributed by atoms with E-state index in [-0.39, 0.29) is 11.6 Å². The van der Waals surface area contributed by atoms with Crippen LogP contribution in [0.5, 0.6) is 0 Å². The van der Waals surface area contributed by atoms with Crippen LogP contribution in [0.25, 0.3) is 5.57 Å². The Balaban J connectivity index is 2.33. The molecule has 0 saturated heterocycles. The molecule has 92 valence electrons. The highest BCUT2D eigenvalue weighted by Crippen LogP contribution is 2.37. The molecule has 0 N–H and O–H groups in total. The first-order chi connectivity index (χ1) is 9.20. The smallest absolute Gasteiger partial charge is 0.197 e. The summed E-state index contributed by atoms with van der Waals surface area (Å²) in [6.45, 7) is 1.45. The Morgan fingerprint density at radius 1 is 0.842 bits per heavy atom. The van der Waals surface area contributed by atoms with Crippen LogP contribution < -0.4 is 0 Å². The maximum atomic E-state index is 12.3. The van der Waals surface area contributed by atoms with Gasteiger partial charge in [-0.25, -0.2) is 0 Å². The summed E-state index contributed by atoms with van der Waals surface area (Å²) in [5, 5.41) is 0. The lowest BCUT2D eigenvalue weighted by Crippen LogP contribution is -2.06. The van der Waals surface area contributed by atoms with Gasteiger partial charge in [0.25, 0.3) is 0 Å². The Kier molecular flexibility index (Phi) is 2.64. The fourth-order valence-corrected chi connectivity index (χ4v) is 2.52. The van der Waals surface area contributed by atoms with Crippen LogP contribution in [-0.2, 0) is 4.79 Å². The van der Waals surface area contributed by atoms with E-state index in [9.17, 15) is 9.59 Å². The quantitative estimate of drug-likeness (QED) is 0.764. The molecule has 0 heterocycles. The van der Waals surface area contributed by atoms with Gasteiger partial charge in [0.05, 0.1) is 5.57 Å². The molecule has 0 aromatic heterocycles. The van der Waals surface area contributed by atoms with Gasteiger partial charge in [0.15, 0.2) is 11.6 Å². The molecule has 0 spiro atoms. The fourth-order valence-electron chi connectivity index (χ4n) is 2.52. The first-order valence-corrected chi connectivity index (χ1v) is 6.15. The third-order valence-corrected chi connectivity index (χ3v) is 3.33. The monoisotopic (exact) mass is 248 g/mol. The zero-order chi connectivity index (χ0) is 13.4. The van der Waals surface area contributed by atoms with Crippen LogP contribution in [0.15, 0.2) is 60.2 Å². The van der Waals surface area contributed by atoms with Gasteiger partial charge in [-0.1, -0.05) is 54.6 Å². The van der Waals surface area contributed by atoms with Crippen molar-refractivity contribution in [3.05, 3.63) is 76.9 Å². The number of rotatable bonds is 2. The Morgan fingerprint density at radius 3 is 2.05 bits per heavy atom. The van der Waals surface area contributed by atoms with Gasteiger partial charge in [0, 0.05) is 11.1 Å². The summed E-state index contributed by atoms with van der Waals surface area (Å²) in [7, 11) is 0. The largest absolute Gasteiger partial charge is 0.294 e. The van der Waals surface area contributed by atoms with Crippen LogP contribution in [0.1, 0.15) is 28.4 Å². The van der Waals surface area contributed by atoms with Crippen molar-refractivity contribution in [1.29, 1.82) is 0 Å². The molecule has 0 fully saturated rings. The Bertz CT molecular complexity index is 709. The predicted octanol–water partition coefficient (Wildman–Crippen LogP) is 3.27. The highest BCUT2D eigenvalue weighted by molar-refractivity contribution is 6.36. The topological polar surface area (TPSA) is 34.1 Å². The minimum atomic E-state index is -0.181. The third kappa shape index (κ3) is 1.73. The zero-order valence-corrected chi connectivity index (χ0v) is 10.5. The number of carbonyl (C=O) groups excluding carboxylic acids is 2. The highest BCUT2D eigenvalue weighted by Gasteiger charge is 2.32. The molecule has 0 saturated carbocycles. The lowest BCUT2D eigenvalue weighted by Gasteiger charge is -2.06. The van der Waals surface area contributed by atoms with E-state index < -0.39 is 0 Å². The van der Waals surface area contributed by atoms with Gasteiger partial charge in [-0.2, -0.15) is 0 Å². The minimum absolute atomic E-state index is 0.165. The normalized spacial score (nSPS) is 13.6. The molecule has 3 rings (SSSR count). The standard InChI is InChI=1S/C17H12O2/c1-11(18)15-16(12-7-3-2-4-8-12)13-9-5-6-10-14(13)17(15)19/h2-10H,1H3. The van der Waals surface area contributed by atoms with Crippen LogP contribution in [0.4, 0.5) is 0 Å². The summed E-state index contributed by atoms with van der Waals surface area (Å²) in [4.78, 5) is 24.2. The molecular formula is C17H12O2. The number of hydrogen-bond donors (Lipinski definition) is 0. The zero-order valence-electron chi connectivity index (χ0n) is 10.5. The lowest BCUT2D eigenvalue weighted by molar-refractivity contribution is -0.113. The highest BCUT2D eigenvalue weighted by atomic mass is 16.1. The Labute approximate surface area is 111 Å². The number of carbonyl (C=O) groups is 2. The van der Waals surface area contributed by atoms with Crippen molar-refractivity contribution < 1.29 is 9.59 Å². The average Bonchev–Trinajstić information content (AvgIpc) is 2.74. The van der Waals surface area contributed by atoms with Gasteiger partial charge >= 0.3 is 0 Å². The molecule has 19 heavy (non-hydrogen) atoms. The van der Waals surface area contributed by atoms with E-state index in [2.05, 4.69) is 0 Å². The summed E-state index contributed by atoms with van der Waals surface area (Å²) < 4.78 is 0. The van der Waals surface area contributed by atoms with Gasteiger partial charge in [0.1, 0.15) is 0 Å². The molecule has 2 nitrogen and oxygen atoms in total. The fraction of sp³-hybridized carbons (Fsp3) is 0.0588.